The predicted octanol–water partition coefficient (Wildman–Crippen LogP) is -0.540. The number of piperazine rings is 1. The quantitative estimate of drug-likeness (QED) is 0.774. The molecule has 0 atom stereocenters. The molecule has 6 heteroatoms. The smallest absolute Gasteiger partial charge is 0.269 e. The lowest BCUT2D eigenvalue weighted by Gasteiger charge is -2.27. The molecule has 100 valence electrons. The van der Waals surface area contributed by atoms with Gasteiger partial charge in [-0.1, -0.05) is 0 Å². The molecule has 0 aromatic carbocycles. The molecule has 6 nitrogen and oxygen atoms in total. The monoisotopic (exact) mass is 260 g/mol. The van der Waals surface area contributed by atoms with Gasteiger partial charge in [-0.25, -0.2) is 0 Å². The molecule has 19 heavy (non-hydrogen) atoms. The molecule has 0 radical (unpaired) electrons. The van der Waals surface area contributed by atoms with Gasteiger partial charge in [0.15, 0.2) is 0 Å². The Kier molecular flexibility index (Phi) is 3.97. The van der Waals surface area contributed by atoms with Crippen LogP contribution in [-0.4, -0.2) is 41.6 Å². The summed E-state index contributed by atoms with van der Waals surface area (Å²) in [6, 6.07) is 5.02. The Bertz CT molecular complexity index is 579. The summed E-state index contributed by atoms with van der Waals surface area (Å²) in [6.45, 7) is 4.62. The number of carbonyl (C=O) groups excluding carboxylic acids is 1. The van der Waals surface area contributed by atoms with Gasteiger partial charge < -0.3 is 14.8 Å². The highest BCUT2D eigenvalue weighted by atomic mass is 16.2. The first kappa shape index (κ1) is 13.3. The molecule has 0 bridgehead atoms. The molecule has 1 aromatic heterocycles. The summed E-state index contributed by atoms with van der Waals surface area (Å²) >= 11 is 0. The minimum atomic E-state index is -0.397. The fourth-order valence-corrected chi connectivity index (χ4v) is 2.10. The topological polar surface area (TPSA) is 78.1 Å². The third-order valence-electron chi connectivity index (χ3n) is 3.28. The number of nitrogens with zero attached hydrogens (tertiary/aromatic N) is 3. The minimum Gasteiger partial charge on any atom is -0.339 e. The highest BCUT2D eigenvalue weighted by Crippen LogP contribution is 2.01. The van der Waals surface area contributed by atoms with Crippen LogP contribution in [0.2, 0.25) is 0 Å². The number of nitrogens with one attached hydrogen (secondary N) is 1. The van der Waals surface area contributed by atoms with Crippen LogP contribution in [-0.2, 0) is 11.3 Å². The fourth-order valence-electron chi connectivity index (χ4n) is 2.10. The third-order valence-corrected chi connectivity index (χ3v) is 3.28. The van der Waals surface area contributed by atoms with Crippen LogP contribution in [0.25, 0.3) is 0 Å². The molecule has 2 heterocycles. The summed E-state index contributed by atoms with van der Waals surface area (Å²) in [7, 11) is 0. The standard InChI is InChI=1S/C13H16N4O2/c1-10-2-3-11(8-14)13(19)17(10)9-12(18)16-6-4-15-5-7-16/h2-3,15H,4-7,9H2,1H3. The molecule has 1 saturated heterocycles. The molecule has 1 aliphatic rings. The highest BCUT2D eigenvalue weighted by molar-refractivity contribution is 5.76. The van der Waals surface area contributed by atoms with Crippen molar-refractivity contribution in [2.75, 3.05) is 26.2 Å². The maximum atomic E-state index is 12.1. The van der Waals surface area contributed by atoms with Crippen molar-refractivity contribution in [3.05, 3.63) is 33.7 Å². The number of rotatable bonds is 2. The Hall–Kier alpha value is -2.13. The van der Waals surface area contributed by atoms with Gasteiger partial charge >= 0.3 is 0 Å². The number of hydrogen-bond donors (Lipinski definition) is 1. The summed E-state index contributed by atoms with van der Waals surface area (Å²) in [4.78, 5) is 25.9. The second-order valence-corrected chi connectivity index (χ2v) is 4.52. The summed E-state index contributed by atoms with van der Waals surface area (Å²) in [6.07, 6.45) is 0. The normalized spacial score (nSPS) is 15.1. The lowest BCUT2D eigenvalue weighted by atomic mass is 10.2. The molecule has 1 fully saturated rings. The second kappa shape index (κ2) is 5.67. The Morgan fingerprint density at radius 2 is 2.11 bits per heavy atom. The van der Waals surface area contributed by atoms with Crippen molar-refractivity contribution in [3.8, 4) is 6.07 Å². The van der Waals surface area contributed by atoms with Crippen molar-refractivity contribution in [2.45, 2.75) is 13.5 Å². The summed E-state index contributed by atoms with van der Waals surface area (Å²) in [5.74, 6) is -0.0817. The van der Waals surface area contributed by atoms with E-state index >= 15 is 0 Å². The number of nitriles is 1. The van der Waals surface area contributed by atoms with Crippen LogP contribution in [0.3, 0.4) is 0 Å². The van der Waals surface area contributed by atoms with Crippen molar-refractivity contribution in [2.24, 2.45) is 0 Å². The minimum absolute atomic E-state index is 0.000185. The zero-order valence-electron chi connectivity index (χ0n) is 10.8. The number of aryl methyl sites for hydroxylation is 1. The summed E-state index contributed by atoms with van der Waals surface area (Å²) in [5.41, 5.74) is 0.358. The third kappa shape index (κ3) is 2.83. The summed E-state index contributed by atoms with van der Waals surface area (Å²) < 4.78 is 1.36. The average Bonchev–Trinajstić information content (AvgIpc) is 2.44. The number of pyridine rings is 1. The van der Waals surface area contributed by atoms with Gasteiger partial charge in [0.1, 0.15) is 18.2 Å². The van der Waals surface area contributed by atoms with Gasteiger partial charge in [0.2, 0.25) is 5.91 Å². The summed E-state index contributed by atoms with van der Waals surface area (Å²) in [5, 5.41) is 12.0. The number of aromatic nitrogens is 1. The molecule has 0 unspecified atom stereocenters. The largest absolute Gasteiger partial charge is 0.339 e. The lowest BCUT2D eigenvalue weighted by Crippen LogP contribution is -2.48. The number of amides is 1. The fraction of sp³-hybridized carbons (Fsp3) is 0.462. The van der Waals surface area contributed by atoms with E-state index in [1.165, 1.54) is 10.6 Å². The van der Waals surface area contributed by atoms with Gasteiger partial charge in [0.05, 0.1) is 0 Å². The van der Waals surface area contributed by atoms with E-state index in [-0.39, 0.29) is 18.0 Å². The highest BCUT2D eigenvalue weighted by Gasteiger charge is 2.18. The van der Waals surface area contributed by atoms with Crippen LogP contribution >= 0.6 is 0 Å². The van der Waals surface area contributed by atoms with Crippen LogP contribution in [0.5, 0.6) is 0 Å². The van der Waals surface area contributed by atoms with E-state index in [0.717, 1.165) is 13.1 Å². The maximum absolute atomic E-state index is 12.1. The molecule has 1 N–H and O–H groups in total. The van der Waals surface area contributed by atoms with E-state index in [0.29, 0.717) is 18.8 Å². The zero-order chi connectivity index (χ0) is 13.8. The van der Waals surface area contributed by atoms with E-state index in [9.17, 15) is 9.59 Å². The molecule has 0 saturated carbocycles. The van der Waals surface area contributed by atoms with Crippen LogP contribution in [0.4, 0.5) is 0 Å². The SMILES string of the molecule is Cc1ccc(C#N)c(=O)n1CC(=O)N1CCNCC1. The Morgan fingerprint density at radius 3 is 2.74 bits per heavy atom. The van der Waals surface area contributed by atoms with Crippen molar-refractivity contribution in [1.82, 2.24) is 14.8 Å². The molecular formula is C13H16N4O2. The van der Waals surface area contributed by atoms with Crippen LogP contribution < -0.4 is 10.9 Å². The molecule has 1 aromatic rings. The molecule has 2 rings (SSSR count). The maximum Gasteiger partial charge on any atom is 0.269 e. The number of hydrogen-bond acceptors (Lipinski definition) is 4. The first-order valence-corrected chi connectivity index (χ1v) is 6.22. The van der Waals surface area contributed by atoms with Crippen LogP contribution in [0.1, 0.15) is 11.3 Å². The molecule has 0 aliphatic carbocycles. The van der Waals surface area contributed by atoms with Crippen LogP contribution in [0, 0.1) is 18.3 Å². The molecule has 1 amide bonds. The van der Waals surface area contributed by atoms with Gasteiger partial charge in [-0.15, -0.1) is 0 Å². The Morgan fingerprint density at radius 1 is 1.42 bits per heavy atom. The Labute approximate surface area is 111 Å². The molecular weight excluding hydrogens is 244 g/mol. The van der Waals surface area contributed by atoms with Crippen LogP contribution in [0.15, 0.2) is 16.9 Å². The van der Waals surface area contributed by atoms with Crippen molar-refractivity contribution < 1.29 is 4.79 Å². The van der Waals surface area contributed by atoms with Gasteiger partial charge in [0, 0.05) is 31.9 Å². The average molecular weight is 260 g/mol. The van der Waals surface area contributed by atoms with Gasteiger partial charge in [-0.3, -0.25) is 9.59 Å². The first-order chi connectivity index (χ1) is 9.13. The van der Waals surface area contributed by atoms with Crippen molar-refractivity contribution >= 4 is 5.91 Å². The van der Waals surface area contributed by atoms with E-state index in [1.54, 1.807) is 17.9 Å². The first-order valence-electron chi connectivity index (χ1n) is 6.22. The zero-order valence-corrected chi connectivity index (χ0v) is 10.8. The van der Waals surface area contributed by atoms with Gasteiger partial charge in [0.25, 0.3) is 5.56 Å². The molecule has 1 aliphatic heterocycles. The second-order valence-electron chi connectivity index (χ2n) is 4.52. The predicted molar refractivity (Wildman–Crippen MR) is 69.6 cm³/mol. The van der Waals surface area contributed by atoms with Crippen molar-refractivity contribution in [3.63, 3.8) is 0 Å². The Balaban J connectivity index is 2.21. The van der Waals surface area contributed by atoms with Crippen molar-refractivity contribution in [1.29, 1.82) is 5.26 Å². The van der Waals surface area contributed by atoms with Gasteiger partial charge in [-0.05, 0) is 19.1 Å². The van der Waals surface area contributed by atoms with E-state index in [1.807, 2.05) is 6.07 Å². The lowest BCUT2D eigenvalue weighted by molar-refractivity contribution is -0.132. The van der Waals surface area contributed by atoms with E-state index in [4.69, 9.17) is 5.26 Å². The van der Waals surface area contributed by atoms with E-state index in [2.05, 4.69) is 5.32 Å². The van der Waals surface area contributed by atoms with Gasteiger partial charge in [-0.2, -0.15) is 5.26 Å². The number of carbonyl (C=O) groups is 1. The molecule has 0 spiro atoms. The van der Waals surface area contributed by atoms with E-state index < -0.39 is 5.56 Å².